The van der Waals surface area contributed by atoms with Crippen LogP contribution >= 0.6 is 0 Å². The molecule has 0 heterocycles. The van der Waals surface area contributed by atoms with E-state index in [1.54, 1.807) is 25.3 Å². The number of carbonyl (C=O) groups excluding carboxylic acids is 1. The number of carbonyl (C=O) groups is 1. The summed E-state index contributed by atoms with van der Waals surface area (Å²) in [6.07, 6.45) is -0.262. The van der Waals surface area contributed by atoms with Crippen molar-refractivity contribution in [1.29, 1.82) is 0 Å². The lowest BCUT2D eigenvalue weighted by Gasteiger charge is -2.18. The van der Waals surface area contributed by atoms with E-state index in [0.29, 0.717) is 29.4 Å². The predicted molar refractivity (Wildman–Crippen MR) is 89.3 cm³/mol. The molecule has 0 fully saturated rings. The molecule has 6 heteroatoms. The molecule has 24 heavy (non-hydrogen) atoms. The van der Waals surface area contributed by atoms with Crippen molar-refractivity contribution in [2.24, 2.45) is 0 Å². The van der Waals surface area contributed by atoms with Gasteiger partial charge in [0.05, 0.1) is 19.9 Å². The number of halogens is 1. The molecule has 0 aliphatic heterocycles. The molecule has 0 aliphatic carbocycles. The lowest BCUT2D eigenvalue weighted by molar-refractivity contribution is -0.122. The van der Waals surface area contributed by atoms with E-state index in [2.05, 4.69) is 5.32 Å². The maximum atomic E-state index is 12.9. The summed E-state index contributed by atoms with van der Waals surface area (Å²) in [6, 6.07) is 10.6. The fraction of sp³-hybridized carbons (Fsp3) is 0.278. The topological polar surface area (TPSA) is 56.8 Å². The van der Waals surface area contributed by atoms with Crippen LogP contribution in [0.4, 0.5) is 10.1 Å². The number of hydrogen-bond donors (Lipinski definition) is 1. The first-order valence-corrected chi connectivity index (χ1v) is 7.52. The second-order valence-electron chi connectivity index (χ2n) is 5.02. The van der Waals surface area contributed by atoms with Gasteiger partial charge in [0, 0.05) is 6.07 Å². The van der Waals surface area contributed by atoms with E-state index in [4.69, 9.17) is 14.2 Å². The lowest BCUT2D eigenvalue weighted by atomic mass is 10.2. The first-order valence-electron chi connectivity index (χ1n) is 7.52. The highest BCUT2D eigenvalue weighted by atomic mass is 19.1. The summed E-state index contributed by atoms with van der Waals surface area (Å²) in [5.41, 5.74) is 0.489. The van der Waals surface area contributed by atoms with Crippen molar-refractivity contribution in [1.82, 2.24) is 0 Å². The molecule has 0 unspecified atom stereocenters. The minimum atomic E-state index is -0.716. The Hall–Kier alpha value is -2.76. The Balaban J connectivity index is 2.12. The van der Waals surface area contributed by atoms with E-state index >= 15 is 0 Å². The first kappa shape index (κ1) is 17.6. The zero-order valence-corrected chi connectivity index (χ0v) is 13.8. The highest BCUT2D eigenvalue weighted by Gasteiger charge is 2.20. The number of nitrogens with one attached hydrogen (secondary N) is 1. The quantitative estimate of drug-likeness (QED) is 0.840. The van der Waals surface area contributed by atoms with Crippen molar-refractivity contribution >= 4 is 11.6 Å². The third kappa shape index (κ3) is 4.38. The van der Waals surface area contributed by atoms with E-state index in [0.717, 1.165) is 0 Å². The Bertz CT molecular complexity index is 688. The van der Waals surface area contributed by atoms with E-state index in [9.17, 15) is 9.18 Å². The third-order valence-electron chi connectivity index (χ3n) is 3.42. The van der Waals surface area contributed by atoms with Crippen LogP contribution < -0.4 is 19.5 Å². The Kier molecular flexibility index (Phi) is 6.01. The number of rotatable bonds is 7. The van der Waals surface area contributed by atoms with Crippen LogP contribution in [0.1, 0.15) is 13.3 Å². The monoisotopic (exact) mass is 333 g/mol. The van der Waals surface area contributed by atoms with Gasteiger partial charge in [-0.1, -0.05) is 6.92 Å². The van der Waals surface area contributed by atoms with Gasteiger partial charge in [0.25, 0.3) is 5.91 Å². The fourth-order valence-electron chi connectivity index (χ4n) is 2.12. The minimum absolute atomic E-state index is 0.326. The van der Waals surface area contributed by atoms with Crippen LogP contribution in [0, 0.1) is 5.82 Å². The number of hydrogen-bond acceptors (Lipinski definition) is 4. The van der Waals surface area contributed by atoms with Gasteiger partial charge in [-0.15, -0.1) is 0 Å². The van der Waals surface area contributed by atoms with Crippen molar-refractivity contribution in [2.75, 3.05) is 19.5 Å². The molecule has 2 aromatic rings. The van der Waals surface area contributed by atoms with Crippen LogP contribution in [0.3, 0.4) is 0 Å². The Morgan fingerprint density at radius 1 is 1.08 bits per heavy atom. The van der Waals surface area contributed by atoms with E-state index < -0.39 is 6.10 Å². The number of ether oxygens (including phenoxy) is 3. The molecule has 1 N–H and O–H groups in total. The molecule has 0 spiro atoms. The van der Waals surface area contributed by atoms with Gasteiger partial charge in [0.1, 0.15) is 23.1 Å². The molecule has 0 aliphatic rings. The second-order valence-corrected chi connectivity index (χ2v) is 5.02. The molecule has 5 nitrogen and oxygen atoms in total. The van der Waals surface area contributed by atoms with Crippen LogP contribution in [0.5, 0.6) is 17.2 Å². The highest BCUT2D eigenvalue weighted by Crippen LogP contribution is 2.29. The molecule has 0 saturated heterocycles. The average Bonchev–Trinajstić information content (AvgIpc) is 2.61. The van der Waals surface area contributed by atoms with Gasteiger partial charge in [-0.3, -0.25) is 4.79 Å². The lowest BCUT2D eigenvalue weighted by Crippen LogP contribution is -2.32. The molecule has 2 rings (SSSR count). The standard InChI is InChI=1S/C18H20FNO4/c1-4-16(24-13-7-5-12(19)6-8-13)18(21)20-15-11-14(22-2)9-10-17(15)23-3/h5-11,16H,4H2,1-3H3,(H,20,21)/t16-/m0/s1. The predicted octanol–water partition coefficient (Wildman–Crippen LogP) is 3.64. The Labute approximate surface area is 140 Å². The summed E-state index contributed by atoms with van der Waals surface area (Å²) in [4.78, 5) is 12.5. The summed E-state index contributed by atoms with van der Waals surface area (Å²) < 4.78 is 29.0. The molecule has 0 bridgehead atoms. The number of amides is 1. The van der Waals surface area contributed by atoms with Crippen molar-refractivity contribution in [3.05, 3.63) is 48.3 Å². The zero-order chi connectivity index (χ0) is 17.5. The molecule has 0 saturated carbocycles. The smallest absolute Gasteiger partial charge is 0.265 e. The molecule has 0 aromatic heterocycles. The SMILES string of the molecule is CC[C@H](Oc1ccc(F)cc1)C(=O)Nc1cc(OC)ccc1OC. The maximum absolute atomic E-state index is 12.9. The van der Waals surface area contributed by atoms with Gasteiger partial charge in [-0.25, -0.2) is 4.39 Å². The summed E-state index contributed by atoms with van der Waals surface area (Å²) in [5.74, 6) is 0.852. The fourth-order valence-corrected chi connectivity index (χ4v) is 2.12. The second kappa shape index (κ2) is 8.19. The molecule has 128 valence electrons. The average molecular weight is 333 g/mol. The maximum Gasteiger partial charge on any atom is 0.265 e. The van der Waals surface area contributed by atoms with E-state index in [1.165, 1.54) is 31.4 Å². The van der Waals surface area contributed by atoms with Crippen LogP contribution in [-0.2, 0) is 4.79 Å². The summed E-state index contributed by atoms with van der Waals surface area (Å²) in [7, 11) is 3.06. The molecule has 2 aromatic carbocycles. The molecule has 1 amide bonds. The van der Waals surface area contributed by atoms with Crippen LogP contribution in [0.15, 0.2) is 42.5 Å². The molecular weight excluding hydrogens is 313 g/mol. The van der Waals surface area contributed by atoms with E-state index in [-0.39, 0.29) is 11.7 Å². The van der Waals surface area contributed by atoms with E-state index in [1.807, 2.05) is 6.92 Å². The summed E-state index contributed by atoms with van der Waals surface area (Å²) in [5, 5.41) is 2.78. The Morgan fingerprint density at radius 2 is 1.75 bits per heavy atom. The first-order chi connectivity index (χ1) is 11.6. The van der Waals surface area contributed by atoms with Gasteiger partial charge >= 0.3 is 0 Å². The summed E-state index contributed by atoms with van der Waals surface area (Å²) >= 11 is 0. The third-order valence-corrected chi connectivity index (χ3v) is 3.42. The highest BCUT2D eigenvalue weighted by molar-refractivity contribution is 5.95. The van der Waals surface area contributed by atoms with Gasteiger partial charge in [0.15, 0.2) is 6.10 Å². The van der Waals surface area contributed by atoms with Gasteiger partial charge in [-0.2, -0.15) is 0 Å². The normalized spacial score (nSPS) is 11.5. The summed E-state index contributed by atoms with van der Waals surface area (Å²) in [6.45, 7) is 1.83. The van der Waals surface area contributed by atoms with Crippen molar-refractivity contribution < 1.29 is 23.4 Å². The van der Waals surface area contributed by atoms with Crippen molar-refractivity contribution in [3.63, 3.8) is 0 Å². The van der Waals surface area contributed by atoms with Gasteiger partial charge < -0.3 is 19.5 Å². The zero-order valence-electron chi connectivity index (χ0n) is 13.8. The van der Waals surface area contributed by atoms with Crippen LogP contribution in [0.25, 0.3) is 0 Å². The Morgan fingerprint density at radius 3 is 2.33 bits per heavy atom. The number of methoxy groups -OCH3 is 2. The molecule has 0 radical (unpaired) electrons. The number of benzene rings is 2. The van der Waals surface area contributed by atoms with Gasteiger partial charge in [0.2, 0.25) is 0 Å². The number of anilines is 1. The van der Waals surface area contributed by atoms with Gasteiger partial charge in [-0.05, 0) is 42.8 Å². The molecular formula is C18H20FNO4. The van der Waals surface area contributed by atoms with Crippen molar-refractivity contribution in [2.45, 2.75) is 19.4 Å². The van der Waals surface area contributed by atoms with Crippen LogP contribution in [-0.4, -0.2) is 26.2 Å². The van der Waals surface area contributed by atoms with Crippen molar-refractivity contribution in [3.8, 4) is 17.2 Å². The largest absolute Gasteiger partial charge is 0.497 e. The minimum Gasteiger partial charge on any atom is -0.497 e. The van der Waals surface area contributed by atoms with Crippen LogP contribution in [0.2, 0.25) is 0 Å². The molecule has 1 atom stereocenters.